The topological polar surface area (TPSA) is 122 Å². The Bertz CT molecular complexity index is 731. The summed E-state index contributed by atoms with van der Waals surface area (Å²) in [6.45, 7) is 9.02. The number of nitrogens with two attached hydrogens (primary N) is 2. The second kappa shape index (κ2) is 7.12. The van der Waals surface area contributed by atoms with Gasteiger partial charge in [-0.3, -0.25) is 9.56 Å². The Morgan fingerprint density at radius 2 is 1.65 bits per heavy atom. The van der Waals surface area contributed by atoms with E-state index in [0.29, 0.717) is 16.9 Å². The standard InChI is InChI=1S/C9H12O3S.C6H12N4/c1-6-4-7(2)9(8(3)5-6)13(10,11)12;1-4-3-6(7)9-5(2)10(4)8/h4-5H,1-3H3,(H,10,11,12);3-4H,7-8H2,1-2H3. The van der Waals surface area contributed by atoms with Gasteiger partial charge < -0.3 is 5.73 Å². The number of aryl methyl sites for hydroxylation is 3. The van der Waals surface area contributed by atoms with Crippen LogP contribution in [-0.4, -0.2) is 29.9 Å². The van der Waals surface area contributed by atoms with Crippen LogP contribution in [-0.2, 0) is 10.1 Å². The molecule has 0 saturated heterocycles. The van der Waals surface area contributed by atoms with Crippen LogP contribution in [0.4, 0.5) is 0 Å². The van der Waals surface area contributed by atoms with Gasteiger partial charge in [-0.05, 0) is 51.8 Å². The van der Waals surface area contributed by atoms with Gasteiger partial charge in [-0.25, -0.2) is 10.8 Å². The number of hydrogen-bond donors (Lipinski definition) is 3. The Hall–Kier alpha value is -1.90. The van der Waals surface area contributed by atoms with Crippen molar-refractivity contribution in [2.45, 2.75) is 45.6 Å². The summed E-state index contributed by atoms with van der Waals surface area (Å²) in [5, 5.41) is 1.58. The van der Waals surface area contributed by atoms with Crippen molar-refractivity contribution in [2.24, 2.45) is 16.6 Å². The van der Waals surface area contributed by atoms with Gasteiger partial charge in [0.15, 0.2) is 0 Å². The molecule has 2 rings (SSSR count). The molecule has 23 heavy (non-hydrogen) atoms. The molecule has 0 amide bonds. The first kappa shape index (κ1) is 19.1. The van der Waals surface area contributed by atoms with Crippen molar-refractivity contribution in [2.75, 3.05) is 0 Å². The predicted molar refractivity (Wildman–Crippen MR) is 91.3 cm³/mol. The van der Waals surface area contributed by atoms with E-state index >= 15 is 0 Å². The van der Waals surface area contributed by atoms with E-state index in [1.807, 2.05) is 26.8 Å². The Balaban J connectivity index is 0.000000238. The molecule has 1 aromatic rings. The van der Waals surface area contributed by atoms with Gasteiger partial charge in [-0.2, -0.15) is 8.42 Å². The van der Waals surface area contributed by atoms with Gasteiger partial charge in [0.2, 0.25) is 0 Å². The number of aliphatic imine (C=N–C) groups is 1. The molecule has 5 N–H and O–H groups in total. The van der Waals surface area contributed by atoms with Crippen LogP contribution >= 0.6 is 0 Å². The van der Waals surface area contributed by atoms with E-state index in [0.717, 1.165) is 11.4 Å². The largest absolute Gasteiger partial charge is 0.384 e. The predicted octanol–water partition coefficient (Wildman–Crippen LogP) is 1.64. The third-order valence-electron chi connectivity index (χ3n) is 3.38. The average molecular weight is 340 g/mol. The molecule has 1 aliphatic rings. The number of benzene rings is 1. The minimum atomic E-state index is -4.08. The fourth-order valence-corrected chi connectivity index (χ4v) is 3.41. The summed E-state index contributed by atoms with van der Waals surface area (Å²) in [5.74, 6) is 6.89. The second-order valence-corrected chi connectivity index (χ2v) is 6.96. The van der Waals surface area contributed by atoms with Crippen molar-refractivity contribution in [3.63, 3.8) is 0 Å². The van der Waals surface area contributed by atoms with E-state index in [-0.39, 0.29) is 10.9 Å². The van der Waals surface area contributed by atoms with Crippen LogP contribution < -0.4 is 11.6 Å². The molecular weight excluding hydrogens is 316 g/mol. The maximum Gasteiger partial charge on any atom is 0.295 e. The van der Waals surface area contributed by atoms with Crippen molar-refractivity contribution in [1.29, 1.82) is 0 Å². The van der Waals surface area contributed by atoms with Gasteiger partial charge >= 0.3 is 0 Å². The molecule has 1 aromatic carbocycles. The van der Waals surface area contributed by atoms with Crippen LogP contribution in [0.15, 0.2) is 33.9 Å². The minimum absolute atomic E-state index is 0.0260. The van der Waals surface area contributed by atoms with Crippen molar-refractivity contribution >= 4 is 16.0 Å². The molecule has 0 saturated carbocycles. The quantitative estimate of drug-likeness (QED) is 0.528. The molecule has 0 bridgehead atoms. The van der Waals surface area contributed by atoms with E-state index in [2.05, 4.69) is 4.99 Å². The van der Waals surface area contributed by atoms with Crippen molar-refractivity contribution in [3.8, 4) is 0 Å². The van der Waals surface area contributed by atoms with E-state index in [4.69, 9.17) is 16.1 Å². The highest BCUT2D eigenvalue weighted by atomic mass is 32.2. The molecular formula is C15H24N4O3S. The number of rotatable bonds is 1. The molecule has 0 radical (unpaired) electrons. The van der Waals surface area contributed by atoms with Gasteiger partial charge in [0.25, 0.3) is 10.1 Å². The monoisotopic (exact) mass is 340 g/mol. The van der Waals surface area contributed by atoms with Crippen molar-refractivity contribution in [3.05, 3.63) is 40.7 Å². The molecule has 1 aliphatic heterocycles. The molecule has 0 aromatic heterocycles. The van der Waals surface area contributed by atoms with Crippen LogP contribution in [0.2, 0.25) is 0 Å². The fourth-order valence-electron chi connectivity index (χ4n) is 2.48. The van der Waals surface area contributed by atoms with Crippen LogP contribution in [0.25, 0.3) is 0 Å². The van der Waals surface area contributed by atoms with Crippen LogP contribution in [0.5, 0.6) is 0 Å². The first-order valence-electron chi connectivity index (χ1n) is 7.05. The van der Waals surface area contributed by atoms with E-state index in [1.165, 1.54) is 0 Å². The second-order valence-electron chi connectivity index (χ2n) is 5.60. The Morgan fingerprint density at radius 3 is 2.04 bits per heavy atom. The molecule has 0 fully saturated rings. The summed E-state index contributed by atoms with van der Waals surface area (Å²) in [7, 11) is -4.08. The Labute approximate surface area is 137 Å². The van der Waals surface area contributed by atoms with E-state index < -0.39 is 10.1 Å². The van der Waals surface area contributed by atoms with E-state index in [9.17, 15) is 8.42 Å². The number of hydrazine groups is 1. The van der Waals surface area contributed by atoms with Gasteiger partial charge in [-0.1, -0.05) is 17.7 Å². The molecule has 1 atom stereocenters. The fraction of sp³-hybridized carbons (Fsp3) is 0.400. The maximum absolute atomic E-state index is 10.9. The molecule has 0 aliphatic carbocycles. The maximum atomic E-state index is 10.9. The SMILES string of the molecule is CC1=NC(N)=CC(C)N1N.Cc1cc(C)c(S(=O)(=O)O)c(C)c1. The summed E-state index contributed by atoms with van der Waals surface area (Å²) in [5.41, 5.74) is 7.62. The highest BCUT2D eigenvalue weighted by Gasteiger charge is 2.16. The highest BCUT2D eigenvalue weighted by Crippen LogP contribution is 2.20. The van der Waals surface area contributed by atoms with Crippen molar-refractivity contribution < 1.29 is 13.0 Å². The smallest absolute Gasteiger partial charge is 0.295 e. The first-order valence-corrected chi connectivity index (χ1v) is 8.49. The molecule has 8 heteroatoms. The van der Waals surface area contributed by atoms with Gasteiger partial charge in [-0.15, -0.1) is 0 Å². The third kappa shape index (κ3) is 5.05. The Kier molecular flexibility index (Phi) is 5.92. The third-order valence-corrected chi connectivity index (χ3v) is 4.54. The lowest BCUT2D eigenvalue weighted by Gasteiger charge is -2.26. The number of amidine groups is 1. The molecule has 0 spiro atoms. The normalized spacial score (nSPS) is 17.9. The summed E-state index contributed by atoms with van der Waals surface area (Å²) in [6, 6.07) is 3.61. The van der Waals surface area contributed by atoms with Crippen LogP contribution in [0.3, 0.4) is 0 Å². The highest BCUT2D eigenvalue weighted by molar-refractivity contribution is 7.86. The Morgan fingerprint density at radius 1 is 1.17 bits per heavy atom. The van der Waals surface area contributed by atoms with E-state index in [1.54, 1.807) is 31.0 Å². The average Bonchev–Trinajstić information content (AvgIpc) is 2.33. The summed E-state index contributed by atoms with van der Waals surface area (Å²) in [6.07, 6.45) is 1.81. The lowest BCUT2D eigenvalue weighted by atomic mass is 10.1. The lowest BCUT2D eigenvalue weighted by molar-refractivity contribution is 0.382. The zero-order valence-electron chi connectivity index (χ0n) is 14.0. The lowest BCUT2D eigenvalue weighted by Crippen LogP contribution is -2.44. The minimum Gasteiger partial charge on any atom is -0.384 e. The summed E-state index contributed by atoms with van der Waals surface area (Å²) in [4.78, 5) is 4.00. The van der Waals surface area contributed by atoms with Gasteiger partial charge in [0.05, 0.1) is 10.9 Å². The summed E-state index contributed by atoms with van der Waals surface area (Å²) >= 11 is 0. The molecule has 128 valence electrons. The molecule has 7 nitrogen and oxygen atoms in total. The number of hydrogen-bond acceptors (Lipinski definition) is 6. The first-order chi connectivity index (χ1) is 10.4. The van der Waals surface area contributed by atoms with Gasteiger partial charge in [0.1, 0.15) is 11.7 Å². The number of nitrogens with zero attached hydrogens (tertiary/aromatic N) is 2. The molecule has 1 heterocycles. The molecule has 1 unspecified atom stereocenters. The van der Waals surface area contributed by atoms with Gasteiger partial charge in [0, 0.05) is 0 Å². The zero-order valence-corrected chi connectivity index (χ0v) is 14.8. The van der Waals surface area contributed by atoms with Crippen LogP contribution in [0.1, 0.15) is 30.5 Å². The zero-order chi connectivity index (χ0) is 17.9. The summed E-state index contributed by atoms with van der Waals surface area (Å²) < 4.78 is 30.8. The van der Waals surface area contributed by atoms with Crippen molar-refractivity contribution in [1.82, 2.24) is 5.01 Å². The van der Waals surface area contributed by atoms with Crippen LogP contribution in [0, 0.1) is 20.8 Å².